The van der Waals surface area contributed by atoms with Gasteiger partial charge >= 0.3 is 0 Å². The summed E-state index contributed by atoms with van der Waals surface area (Å²) in [6.07, 6.45) is 35.6. The molecule has 0 nitrogen and oxygen atoms in total. The standard InChI is InChI=1S/C20H16Si/c1-2-10-17(9-1)21(18-11-3-4-12-18,19-13-5-6-14-19)20-15-7-8-16-20/h1-16H. The van der Waals surface area contributed by atoms with Gasteiger partial charge in [-0.05, 0) is 125 Å². The molecule has 0 atom stereocenters. The average Bonchev–Trinajstić information content (AvgIpc) is 3.32. The third-order valence-corrected chi connectivity index (χ3v) is 9.18. The summed E-state index contributed by atoms with van der Waals surface area (Å²) in [4.78, 5) is 0. The third kappa shape index (κ3) is 2.46. The molecule has 4 saturated carbocycles. The summed E-state index contributed by atoms with van der Waals surface area (Å²) in [5.41, 5.74) is 5.86. The largest absolute Gasteiger partial charge is 0.0819 e. The Hall–Kier alpha value is 0.217. The van der Waals surface area contributed by atoms with Crippen molar-refractivity contribution in [3.8, 4) is 0 Å². The van der Waals surface area contributed by atoms with Crippen LogP contribution in [-0.4, -0.2) is 8.07 Å². The Morgan fingerprint density at radius 1 is 0.333 bits per heavy atom. The molecule has 20 radical (unpaired) electrons. The fourth-order valence-electron chi connectivity index (χ4n) is 3.50. The predicted octanol–water partition coefficient (Wildman–Crippen LogP) is 3.21. The maximum absolute atomic E-state index is 2.29. The van der Waals surface area contributed by atoms with Crippen LogP contribution in [0.1, 0.15) is 0 Å². The van der Waals surface area contributed by atoms with Crippen LogP contribution in [0.15, 0.2) is 0 Å². The van der Waals surface area contributed by atoms with E-state index < -0.39 is 8.07 Å². The average molecular weight is 284 g/mol. The minimum Gasteiger partial charge on any atom is -0.0312 e. The molecular formula is C20H16Si. The highest BCUT2D eigenvalue weighted by atomic mass is 28.3. The topological polar surface area (TPSA) is 0 Å². The van der Waals surface area contributed by atoms with E-state index in [0.717, 1.165) is 0 Å². The van der Waals surface area contributed by atoms with Crippen LogP contribution >= 0.6 is 0 Å². The third-order valence-electron chi connectivity index (χ3n) is 4.38. The van der Waals surface area contributed by atoms with Crippen LogP contribution < -0.4 is 0 Å². The van der Waals surface area contributed by atoms with E-state index in [2.05, 4.69) is 103 Å². The van der Waals surface area contributed by atoms with Crippen molar-refractivity contribution in [3.05, 3.63) is 125 Å². The number of rotatable bonds is 4. The minimum atomic E-state index is -2.09. The Bertz CT molecular complexity index is 256. The molecule has 0 saturated heterocycles. The van der Waals surface area contributed by atoms with E-state index in [-0.39, 0.29) is 0 Å². The zero-order valence-corrected chi connectivity index (χ0v) is 12.7. The van der Waals surface area contributed by atoms with Crippen molar-refractivity contribution in [2.45, 2.75) is 0 Å². The molecule has 0 bridgehead atoms. The van der Waals surface area contributed by atoms with Gasteiger partial charge in [-0.2, -0.15) is 0 Å². The van der Waals surface area contributed by atoms with Crippen LogP contribution in [-0.2, 0) is 0 Å². The smallest absolute Gasteiger partial charge is 0.0312 e. The lowest BCUT2D eigenvalue weighted by Gasteiger charge is -2.49. The summed E-state index contributed by atoms with van der Waals surface area (Å²) in [5.74, 6) is 0. The molecular weight excluding hydrogens is 268 g/mol. The van der Waals surface area contributed by atoms with Gasteiger partial charge in [-0.25, -0.2) is 0 Å². The van der Waals surface area contributed by atoms with Gasteiger partial charge in [-0.3, -0.25) is 0 Å². The van der Waals surface area contributed by atoms with Gasteiger partial charge in [0, 0.05) is 0 Å². The van der Waals surface area contributed by atoms with Crippen molar-refractivity contribution in [2.24, 2.45) is 0 Å². The second-order valence-corrected chi connectivity index (χ2v) is 9.25. The molecule has 0 aromatic heterocycles. The van der Waals surface area contributed by atoms with Crippen LogP contribution in [0.2, 0.25) is 0 Å². The van der Waals surface area contributed by atoms with Gasteiger partial charge in [0.1, 0.15) is 0 Å². The molecule has 4 fully saturated rings. The quantitative estimate of drug-likeness (QED) is 0.695. The lowest BCUT2D eigenvalue weighted by atomic mass is 10.3. The van der Waals surface area contributed by atoms with E-state index in [1.165, 1.54) is 22.2 Å². The molecule has 1 heteroatoms. The second kappa shape index (κ2) is 6.38. The monoisotopic (exact) mass is 284 g/mol. The Morgan fingerprint density at radius 3 is 0.714 bits per heavy atom. The van der Waals surface area contributed by atoms with Crippen LogP contribution in [0.3, 0.4) is 0 Å². The summed E-state index contributed by atoms with van der Waals surface area (Å²) >= 11 is 0. The van der Waals surface area contributed by atoms with Crippen LogP contribution in [0.25, 0.3) is 0 Å². The molecule has 0 spiro atoms. The zero-order valence-electron chi connectivity index (χ0n) is 11.7. The second-order valence-electron chi connectivity index (χ2n) is 5.44. The molecule has 0 N–H and O–H groups in total. The molecule has 0 unspecified atom stereocenters. The van der Waals surface area contributed by atoms with Crippen molar-refractivity contribution in [1.82, 2.24) is 0 Å². The van der Waals surface area contributed by atoms with Crippen molar-refractivity contribution in [2.75, 3.05) is 0 Å². The summed E-state index contributed by atoms with van der Waals surface area (Å²) in [6, 6.07) is 0. The van der Waals surface area contributed by atoms with E-state index in [9.17, 15) is 0 Å². The maximum atomic E-state index is 2.29. The van der Waals surface area contributed by atoms with Crippen molar-refractivity contribution < 1.29 is 0 Å². The summed E-state index contributed by atoms with van der Waals surface area (Å²) in [7, 11) is -2.09. The first kappa shape index (κ1) is 14.8. The summed E-state index contributed by atoms with van der Waals surface area (Å²) < 4.78 is 0. The van der Waals surface area contributed by atoms with E-state index in [1.807, 2.05) is 0 Å². The maximum Gasteiger partial charge on any atom is 0.0819 e. The first-order chi connectivity index (χ1) is 10.4. The highest BCUT2D eigenvalue weighted by molar-refractivity contribution is 7.02. The molecule has 4 aliphatic rings. The molecule has 21 heavy (non-hydrogen) atoms. The minimum absolute atomic E-state index is 1.46. The van der Waals surface area contributed by atoms with Gasteiger partial charge in [-0.1, -0.05) is 0 Å². The molecule has 4 aliphatic carbocycles. The van der Waals surface area contributed by atoms with Gasteiger partial charge in [-0.15, -0.1) is 0 Å². The molecule has 0 amide bonds. The Balaban J connectivity index is 1.71. The summed E-state index contributed by atoms with van der Waals surface area (Å²) in [6.45, 7) is 0. The first-order valence-electron chi connectivity index (χ1n) is 7.31. The van der Waals surface area contributed by atoms with E-state index >= 15 is 0 Å². The van der Waals surface area contributed by atoms with Crippen LogP contribution in [0, 0.1) is 125 Å². The Kier molecular flexibility index (Phi) is 4.49. The lowest BCUT2D eigenvalue weighted by molar-refractivity contribution is 1.20. The fourth-order valence-corrected chi connectivity index (χ4v) is 8.27. The Morgan fingerprint density at radius 2 is 0.524 bits per heavy atom. The normalized spacial score (nSPS) is 30.9. The van der Waals surface area contributed by atoms with Gasteiger partial charge in [0.25, 0.3) is 0 Å². The van der Waals surface area contributed by atoms with Gasteiger partial charge in [0.2, 0.25) is 0 Å². The van der Waals surface area contributed by atoms with E-state index in [1.54, 1.807) is 0 Å². The van der Waals surface area contributed by atoms with E-state index in [0.29, 0.717) is 0 Å². The molecule has 0 aromatic carbocycles. The predicted molar refractivity (Wildman–Crippen MR) is 87.5 cm³/mol. The van der Waals surface area contributed by atoms with Crippen molar-refractivity contribution >= 4 is 8.07 Å². The molecule has 100 valence electrons. The molecule has 0 heterocycles. The lowest BCUT2D eigenvalue weighted by Crippen LogP contribution is -2.58. The zero-order chi connectivity index (χ0) is 14.1. The van der Waals surface area contributed by atoms with Gasteiger partial charge < -0.3 is 0 Å². The highest BCUT2D eigenvalue weighted by Gasteiger charge is 2.59. The van der Waals surface area contributed by atoms with E-state index in [4.69, 9.17) is 0 Å². The first-order valence-corrected chi connectivity index (χ1v) is 9.31. The highest BCUT2D eigenvalue weighted by Crippen LogP contribution is 2.57. The van der Waals surface area contributed by atoms with Crippen LogP contribution in [0.5, 0.6) is 0 Å². The van der Waals surface area contributed by atoms with Gasteiger partial charge in [0.15, 0.2) is 0 Å². The SMILES string of the molecule is [CH]1[CH][CH][C]([Si]([C]2[CH][CH][CH][CH]2)([C]2[CH][CH][CH][CH]2)[C]2[CH][CH][CH][CH]2)[CH]1. The molecule has 0 aliphatic heterocycles. The van der Waals surface area contributed by atoms with Gasteiger partial charge in [0.05, 0.1) is 8.07 Å². The number of hydrogen-bond acceptors (Lipinski definition) is 0. The fraction of sp³-hybridized carbons (Fsp3) is 0. The number of hydrogen-bond donors (Lipinski definition) is 0. The molecule has 4 rings (SSSR count). The van der Waals surface area contributed by atoms with Crippen LogP contribution in [0.4, 0.5) is 0 Å². The summed E-state index contributed by atoms with van der Waals surface area (Å²) in [5, 5.41) is 0. The Labute approximate surface area is 133 Å². The van der Waals surface area contributed by atoms with Crippen molar-refractivity contribution in [3.63, 3.8) is 0 Å². The molecule has 0 aromatic rings. The van der Waals surface area contributed by atoms with Crippen molar-refractivity contribution in [1.29, 1.82) is 0 Å².